The number of aliphatic carboxylic acids is 1. The molecule has 1 amide bonds. The highest BCUT2D eigenvalue weighted by Gasteiger charge is 2.33. The van der Waals surface area contributed by atoms with Crippen LogP contribution < -0.4 is 10.8 Å². The SMILES string of the molecule is CC(C)C[C@](C)(NCc1ccc(C=CC(=O)NO)cc1)C(=O)O. The highest BCUT2D eigenvalue weighted by molar-refractivity contribution is 5.90. The molecule has 0 saturated carbocycles. The molecule has 0 aliphatic carbocycles. The van der Waals surface area contributed by atoms with E-state index in [1.807, 2.05) is 38.1 Å². The van der Waals surface area contributed by atoms with Crippen molar-refractivity contribution in [1.82, 2.24) is 10.8 Å². The van der Waals surface area contributed by atoms with E-state index >= 15 is 0 Å². The van der Waals surface area contributed by atoms with Crippen molar-refractivity contribution in [3.8, 4) is 0 Å². The Morgan fingerprint density at radius 2 is 1.87 bits per heavy atom. The summed E-state index contributed by atoms with van der Waals surface area (Å²) in [5.41, 5.74) is 2.31. The van der Waals surface area contributed by atoms with Crippen LogP contribution in [0.1, 0.15) is 38.3 Å². The van der Waals surface area contributed by atoms with E-state index in [2.05, 4.69) is 5.32 Å². The van der Waals surface area contributed by atoms with Crippen molar-refractivity contribution in [1.29, 1.82) is 0 Å². The molecule has 1 atom stereocenters. The molecule has 0 radical (unpaired) electrons. The van der Waals surface area contributed by atoms with Crippen molar-refractivity contribution < 1.29 is 19.9 Å². The second-order valence-corrected chi connectivity index (χ2v) is 6.14. The van der Waals surface area contributed by atoms with Gasteiger partial charge < -0.3 is 5.11 Å². The van der Waals surface area contributed by atoms with Crippen LogP contribution in [0.3, 0.4) is 0 Å². The lowest BCUT2D eigenvalue weighted by Crippen LogP contribution is -2.49. The van der Waals surface area contributed by atoms with Crippen molar-refractivity contribution in [3.05, 3.63) is 41.5 Å². The second-order valence-electron chi connectivity index (χ2n) is 6.14. The lowest BCUT2D eigenvalue weighted by molar-refractivity contribution is -0.145. The number of rotatable bonds is 8. The Balaban J connectivity index is 2.69. The van der Waals surface area contributed by atoms with E-state index in [0.29, 0.717) is 13.0 Å². The van der Waals surface area contributed by atoms with Gasteiger partial charge >= 0.3 is 5.97 Å². The third-order valence-electron chi connectivity index (χ3n) is 3.49. The second kappa shape index (κ2) is 8.45. The zero-order valence-corrected chi connectivity index (χ0v) is 13.7. The topological polar surface area (TPSA) is 98.7 Å². The minimum Gasteiger partial charge on any atom is -0.480 e. The third-order valence-corrected chi connectivity index (χ3v) is 3.49. The summed E-state index contributed by atoms with van der Waals surface area (Å²) in [6.45, 7) is 6.12. The first-order valence-electron chi connectivity index (χ1n) is 7.46. The van der Waals surface area contributed by atoms with Gasteiger partial charge in [-0.05, 0) is 36.5 Å². The maximum atomic E-state index is 11.5. The summed E-state index contributed by atoms with van der Waals surface area (Å²) in [6, 6.07) is 7.36. The predicted octanol–water partition coefficient (Wildman–Crippen LogP) is 2.18. The standard InChI is InChI=1S/C17H24N2O4/c1-12(2)10-17(3,16(21)22)18-11-14-6-4-13(5-7-14)8-9-15(20)19-23/h4-9,12,18,23H,10-11H2,1-3H3,(H,19,20)(H,21,22)/t17-/m0/s1. The Kier molecular flexibility index (Phi) is 6.93. The summed E-state index contributed by atoms with van der Waals surface area (Å²) in [6.07, 6.45) is 3.33. The fourth-order valence-electron chi connectivity index (χ4n) is 2.30. The number of carboxylic acids is 1. The van der Waals surface area contributed by atoms with Crippen molar-refractivity contribution in [2.75, 3.05) is 0 Å². The lowest BCUT2D eigenvalue weighted by Gasteiger charge is -2.28. The summed E-state index contributed by atoms with van der Waals surface area (Å²) < 4.78 is 0. The summed E-state index contributed by atoms with van der Waals surface area (Å²) in [4.78, 5) is 22.4. The maximum Gasteiger partial charge on any atom is 0.323 e. The van der Waals surface area contributed by atoms with E-state index in [1.54, 1.807) is 13.0 Å². The van der Waals surface area contributed by atoms with E-state index in [4.69, 9.17) is 5.21 Å². The van der Waals surface area contributed by atoms with Gasteiger partial charge in [0.2, 0.25) is 0 Å². The van der Waals surface area contributed by atoms with Gasteiger partial charge in [-0.15, -0.1) is 0 Å². The Labute approximate surface area is 136 Å². The molecule has 4 N–H and O–H groups in total. The molecule has 0 bridgehead atoms. The molecule has 0 spiro atoms. The van der Waals surface area contributed by atoms with Gasteiger partial charge in [0.25, 0.3) is 5.91 Å². The van der Waals surface area contributed by atoms with Crippen molar-refractivity contribution in [3.63, 3.8) is 0 Å². The van der Waals surface area contributed by atoms with Gasteiger partial charge in [0.1, 0.15) is 5.54 Å². The summed E-state index contributed by atoms with van der Waals surface area (Å²) >= 11 is 0. The molecule has 23 heavy (non-hydrogen) atoms. The molecule has 0 aromatic heterocycles. The fraction of sp³-hybridized carbons (Fsp3) is 0.412. The molecule has 1 aromatic rings. The predicted molar refractivity (Wildman–Crippen MR) is 87.7 cm³/mol. The molecule has 0 fully saturated rings. The summed E-state index contributed by atoms with van der Waals surface area (Å²) in [5, 5.41) is 20.9. The molecular formula is C17H24N2O4. The van der Waals surface area contributed by atoms with Gasteiger partial charge in [0, 0.05) is 12.6 Å². The van der Waals surface area contributed by atoms with E-state index < -0.39 is 17.4 Å². The van der Waals surface area contributed by atoms with Crippen LogP contribution in [-0.2, 0) is 16.1 Å². The molecule has 0 heterocycles. The normalized spacial score (nSPS) is 14.0. The number of carbonyl (C=O) groups excluding carboxylic acids is 1. The quantitative estimate of drug-likeness (QED) is 0.334. The van der Waals surface area contributed by atoms with Crippen LogP contribution in [-0.4, -0.2) is 27.7 Å². The van der Waals surface area contributed by atoms with Gasteiger partial charge in [0.05, 0.1) is 0 Å². The van der Waals surface area contributed by atoms with Crippen molar-refractivity contribution in [2.24, 2.45) is 5.92 Å². The van der Waals surface area contributed by atoms with Gasteiger partial charge in [-0.25, -0.2) is 5.48 Å². The lowest BCUT2D eigenvalue weighted by atomic mass is 9.90. The number of hydrogen-bond acceptors (Lipinski definition) is 4. The molecule has 0 aliphatic rings. The monoisotopic (exact) mass is 320 g/mol. The smallest absolute Gasteiger partial charge is 0.323 e. The minimum atomic E-state index is -0.966. The van der Waals surface area contributed by atoms with Gasteiger partial charge in [-0.3, -0.25) is 20.1 Å². The zero-order valence-electron chi connectivity index (χ0n) is 13.7. The first kappa shape index (κ1) is 18.9. The number of benzene rings is 1. The Hall–Kier alpha value is -2.18. The number of nitrogens with one attached hydrogen (secondary N) is 2. The van der Waals surface area contributed by atoms with Crippen LogP contribution in [0.4, 0.5) is 0 Å². The highest BCUT2D eigenvalue weighted by atomic mass is 16.5. The molecule has 1 aromatic carbocycles. The van der Waals surface area contributed by atoms with E-state index in [0.717, 1.165) is 11.1 Å². The molecule has 6 nitrogen and oxygen atoms in total. The molecule has 6 heteroatoms. The number of hydroxylamine groups is 1. The molecular weight excluding hydrogens is 296 g/mol. The Morgan fingerprint density at radius 1 is 1.26 bits per heavy atom. The zero-order chi connectivity index (χ0) is 17.5. The fourth-order valence-corrected chi connectivity index (χ4v) is 2.30. The van der Waals surface area contributed by atoms with Crippen molar-refractivity contribution >= 4 is 18.0 Å². The first-order chi connectivity index (χ1) is 10.8. The number of carboxylic acid groups (broad SMARTS) is 1. The molecule has 0 saturated heterocycles. The van der Waals surface area contributed by atoms with E-state index in [9.17, 15) is 14.7 Å². The summed E-state index contributed by atoms with van der Waals surface area (Å²) in [7, 11) is 0. The van der Waals surface area contributed by atoms with Crippen LogP contribution >= 0.6 is 0 Å². The van der Waals surface area contributed by atoms with Crippen LogP contribution in [0, 0.1) is 5.92 Å². The van der Waals surface area contributed by atoms with Crippen LogP contribution in [0.5, 0.6) is 0 Å². The van der Waals surface area contributed by atoms with E-state index in [1.165, 1.54) is 11.6 Å². The number of carbonyl (C=O) groups is 2. The molecule has 0 aliphatic heterocycles. The average molecular weight is 320 g/mol. The van der Waals surface area contributed by atoms with Crippen molar-refractivity contribution in [2.45, 2.75) is 39.3 Å². The molecule has 0 unspecified atom stereocenters. The van der Waals surface area contributed by atoms with Gasteiger partial charge in [0.15, 0.2) is 0 Å². The summed E-state index contributed by atoms with van der Waals surface area (Å²) in [5.74, 6) is -1.18. The van der Waals surface area contributed by atoms with Crippen LogP contribution in [0.25, 0.3) is 6.08 Å². The van der Waals surface area contributed by atoms with Crippen LogP contribution in [0.2, 0.25) is 0 Å². The Bertz CT molecular complexity index is 566. The number of amides is 1. The third kappa shape index (κ3) is 6.22. The maximum absolute atomic E-state index is 11.5. The molecule has 1 rings (SSSR count). The molecule has 126 valence electrons. The van der Waals surface area contributed by atoms with Crippen LogP contribution in [0.15, 0.2) is 30.3 Å². The average Bonchev–Trinajstić information content (AvgIpc) is 2.50. The van der Waals surface area contributed by atoms with Gasteiger partial charge in [-0.1, -0.05) is 38.1 Å². The van der Waals surface area contributed by atoms with Gasteiger partial charge in [-0.2, -0.15) is 0 Å². The first-order valence-corrected chi connectivity index (χ1v) is 7.46. The largest absolute Gasteiger partial charge is 0.480 e. The van der Waals surface area contributed by atoms with E-state index in [-0.39, 0.29) is 5.92 Å². The minimum absolute atomic E-state index is 0.272. The Morgan fingerprint density at radius 3 is 2.35 bits per heavy atom. The number of hydrogen-bond donors (Lipinski definition) is 4. The highest BCUT2D eigenvalue weighted by Crippen LogP contribution is 2.18.